The number of nitrogens with one attached hydrogen (secondary N) is 1. The van der Waals surface area contributed by atoms with Crippen molar-refractivity contribution < 1.29 is 4.79 Å². The maximum absolute atomic E-state index is 12.8. The Hall–Kier alpha value is -3.95. The number of aryl methyl sites for hydroxylation is 1. The van der Waals surface area contributed by atoms with Gasteiger partial charge in [0.2, 0.25) is 0 Å². The van der Waals surface area contributed by atoms with E-state index >= 15 is 0 Å². The van der Waals surface area contributed by atoms with Gasteiger partial charge in [-0.3, -0.25) is 9.48 Å². The number of carbonyl (C=O) groups is 1. The van der Waals surface area contributed by atoms with Crippen LogP contribution in [-0.2, 0) is 11.3 Å². The molecule has 2 heterocycles. The van der Waals surface area contributed by atoms with Crippen LogP contribution in [0.15, 0.2) is 83.9 Å². The predicted molar refractivity (Wildman–Crippen MR) is 124 cm³/mol. The van der Waals surface area contributed by atoms with Gasteiger partial charge in [-0.15, -0.1) is 11.3 Å². The second-order valence-corrected chi connectivity index (χ2v) is 7.98. The number of amides is 1. The summed E-state index contributed by atoms with van der Waals surface area (Å²) in [4.78, 5) is 13.8. The number of para-hydroxylation sites is 1. The Bertz CT molecular complexity index is 1260. The molecule has 1 amide bonds. The number of nitriles is 1. The molecular weight excluding hydrogens is 404 g/mol. The summed E-state index contributed by atoms with van der Waals surface area (Å²) in [6, 6.07) is 23.5. The summed E-state index contributed by atoms with van der Waals surface area (Å²) in [6.07, 6.45) is 3.48. The van der Waals surface area contributed by atoms with Gasteiger partial charge in [0.1, 0.15) is 17.3 Å². The Kier molecular flexibility index (Phi) is 6.06. The fraction of sp³-hybridized carbons (Fsp3) is 0.0800. The third kappa shape index (κ3) is 4.80. The molecule has 0 spiro atoms. The first-order chi connectivity index (χ1) is 15.1. The summed E-state index contributed by atoms with van der Waals surface area (Å²) in [5.41, 5.74) is 4.25. The highest BCUT2D eigenvalue weighted by Crippen LogP contribution is 2.28. The first-order valence-corrected chi connectivity index (χ1v) is 10.7. The predicted octanol–water partition coefficient (Wildman–Crippen LogP) is 5.51. The van der Waals surface area contributed by atoms with Gasteiger partial charge in [-0.2, -0.15) is 10.4 Å². The quantitative estimate of drug-likeness (QED) is 0.327. The van der Waals surface area contributed by atoms with E-state index in [9.17, 15) is 10.1 Å². The van der Waals surface area contributed by atoms with Crippen LogP contribution in [0.1, 0.15) is 16.7 Å². The second kappa shape index (κ2) is 9.24. The number of benzene rings is 2. The minimum absolute atomic E-state index is 0.0281. The Morgan fingerprint density at radius 3 is 2.61 bits per heavy atom. The number of anilines is 1. The standard InChI is InChI=1S/C25H20N4OS/c1-18-8-5-6-11-22(18)27-25(30)20(15-26)14-21-17-29(16-19-9-3-2-4-10-19)28-24(21)23-12-7-13-31-23/h2-14,17H,16H2,1H3,(H,27,30)/b20-14+. The van der Waals surface area contributed by atoms with E-state index in [0.717, 1.165) is 27.3 Å². The maximum Gasteiger partial charge on any atom is 0.266 e. The molecular formula is C25H20N4OS. The summed E-state index contributed by atoms with van der Waals surface area (Å²) in [6.45, 7) is 2.51. The van der Waals surface area contributed by atoms with Crippen LogP contribution in [-0.4, -0.2) is 15.7 Å². The van der Waals surface area contributed by atoms with E-state index < -0.39 is 5.91 Å². The maximum atomic E-state index is 12.8. The number of aromatic nitrogens is 2. The van der Waals surface area contributed by atoms with E-state index in [4.69, 9.17) is 5.10 Å². The average molecular weight is 425 g/mol. The summed E-state index contributed by atoms with van der Waals surface area (Å²) >= 11 is 1.57. The topological polar surface area (TPSA) is 70.7 Å². The van der Waals surface area contributed by atoms with Crippen molar-refractivity contribution >= 4 is 29.0 Å². The largest absolute Gasteiger partial charge is 0.321 e. The molecule has 0 aliphatic carbocycles. The van der Waals surface area contributed by atoms with Crippen molar-refractivity contribution in [3.63, 3.8) is 0 Å². The van der Waals surface area contributed by atoms with Gasteiger partial charge in [0, 0.05) is 17.4 Å². The number of hydrogen-bond acceptors (Lipinski definition) is 4. The molecule has 0 atom stereocenters. The molecule has 5 nitrogen and oxygen atoms in total. The zero-order valence-electron chi connectivity index (χ0n) is 16.9. The Morgan fingerprint density at radius 2 is 1.90 bits per heavy atom. The van der Waals surface area contributed by atoms with Crippen molar-refractivity contribution in [2.45, 2.75) is 13.5 Å². The highest BCUT2D eigenvalue weighted by Gasteiger charge is 2.16. The monoisotopic (exact) mass is 424 g/mol. The lowest BCUT2D eigenvalue weighted by atomic mass is 10.1. The number of thiophene rings is 1. The van der Waals surface area contributed by atoms with E-state index in [-0.39, 0.29) is 5.57 Å². The number of rotatable bonds is 6. The minimum Gasteiger partial charge on any atom is -0.321 e. The van der Waals surface area contributed by atoms with Gasteiger partial charge < -0.3 is 5.32 Å². The number of nitrogens with zero attached hydrogens (tertiary/aromatic N) is 3. The molecule has 2 aromatic heterocycles. The van der Waals surface area contributed by atoms with Crippen LogP contribution in [0.4, 0.5) is 5.69 Å². The van der Waals surface area contributed by atoms with E-state index in [1.165, 1.54) is 0 Å². The summed E-state index contributed by atoms with van der Waals surface area (Å²) in [7, 11) is 0. The van der Waals surface area contributed by atoms with E-state index in [0.29, 0.717) is 12.2 Å². The highest BCUT2D eigenvalue weighted by molar-refractivity contribution is 7.13. The third-order valence-corrected chi connectivity index (χ3v) is 5.67. The number of carbonyl (C=O) groups excluding carboxylic acids is 1. The zero-order chi connectivity index (χ0) is 21.6. The smallest absolute Gasteiger partial charge is 0.266 e. The SMILES string of the molecule is Cc1ccccc1NC(=O)/C(C#N)=C/c1cn(Cc2ccccc2)nc1-c1cccs1. The first kappa shape index (κ1) is 20.3. The second-order valence-electron chi connectivity index (χ2n) is 7.03. The van der Waals surface area contributed by atoms with Gasteiger partial charge in [-0.25, -0.2) is 0 Å². The molecule has 0 bridgehead atoms. The summed E-state index contributed by atoms with van der Waals surface area (Å²) in [5, 5.41) is 19.2. The van der Waals surface area contributed by atoms with Crippen molar-refractivity contribution in [3.05, 3.63) is 101 Å². The van der Waals surface area contributed by atoms with E-state index in [2.05, 4.69) is 5.32 Å². The fourth-order valence-corrected chi connectivity index (χ4v) is 3.94. The molecule has 0 aliphatic rings. The van der Waals surface area contributed by atoms with Crippen LogP contribution in [0.5, 0.6) is 0 Å². The van der Waals surface area contributed by atoms with Crippen molar-refractivity contribution in [3.8, 4) is 16.6 Å². The van der Waals surface area contributed by atoms with Crippen LogP contribution in [0.25, 0.3) is 16.6 Å². The Labute approximate surface area is 184 Å². The van der Waals surface area contributed by atoms with Crippen LogP contribution in [0, 0.1) is 18.3 Å². The van der Waals surface area contributed by atoms with Crippen molar-refractivity contribution in [2.24, 2.45) is 0 Å². The summed E-state index contributed by atoms with van der Waals surface area (Å²) in [5.74, 6) is -0.440. The molecule has 0 radical (unpaired) electrons. The molecule has 1 N–H and O–H groups in total. The van der Waals surface area contributed by atoms with Crippen LogP contribution in [0.3, 0.4) is 0 Å². The minimum atomic E-state index is -0.440. The molecule has 4 aromatic rings. The normalized spacial score (nSPS) is 11.2. The fourth-order valence-electron chi connectivity index (χ4n) is 3.21. The molecule has 0 fully saturated rings. The Morgan fingerprint density at radius 1 is 1.13 bits per heavy atom. The van der Waals surface area contributed by atoms with Gasteiger partial charge >= 0.3 is 0 Å². The molecule has 152 valence electrons. The van der Waals surface area contributed by atoms with Crippen molar-refractivity contribution in [1.82, 2.24) is 9.78 Å². The molecule has 0 unspecified atom stereocenters. The van der Waals surface area contributed by atoms with Crippen LogP contribution >= 0.6 is 11.3 Å². The first-order valence-electron chi connectivity index (χ1n) is 9.78. The summed E-state index contributed by atoms with van der Waals surface area (Å²) < 4.78 is 1.84. The van der Waals surface area contributed by atoms with Gasteiger partial charge in [0.05, 0.1) is 11.4 Å². The van der Waals surface area contributed by atoms with Crippen LogP contribution in [0.2, 0.25) is 0 Å². The lowest BCUT2D eigenvalue weighted by Gasteiger charge is -2.07. The lowest BCUT2D eigenvalue weighted by Crippen LogP contribution is -2.14. The van der Waals surface area contributed by atoms with E-state index in [1.54, 1.807) is 17.4 Å². The molecule has 0 saturated carbocycles. The lowest BCUT2D eigenvalue weighted by molar-refractivity contribution is -0.112. The van der Waals surface area contributed by atoms with Crippen molar-refractivity contribution in [1.29, 1.82) is 5.26 Å². The number of hydrogen-bond donors (Lipinski definition) is 1. The third-order valence-electron chi connectivity index (χ3n) is 4.79. The zero-order valence-corrected chi connectivity index (χ0v) is 17.8. The molecule has 4 rings (SSSR count). The molecule has 0 aliphatic heterocycles. The van der Waals surface area contributed by atoms with Gasteiger partial charge in [0.25, 0.3) is 5.91 Å². The molecule has 0 saturated heterocycles. The average Bonchev–Trinajstić information content (AvgIpc) is 3.44. The van der Waals surface area contributed by atoms with Gasteiger partial charge in [-0.05, 0) is 41.6 Å². The molecule has 31 heavy (non-hydrogen) atoms. The van der Waals surface area contributed by atoms with E-state index in [1.807, 2.05) is 96.0 Å². The highest BCUT2D eigenvalue weighted by atomic mass is 32.1. The molecule has 6 heteroatoms. The van der Waals surface area contributed by atoms with Crippen LogP contribution < -0.4 is 5.32 Å². The van der Waals surface area contributed by atoms with Gasteiger partial charge in [0.15, 0.2) is 0 Å². The van der Waals surface area contributed by atoms with Crippen molar-refractivity contribution in [2.75, 3.05) is 5.32 Å². The van der Waals surface area contributed by atoms with Gasteiger partial charge in [-0.1, -0.05) is 54.6 Å². The Balaban J connectivity index is 1.67. The molecule has 2 aromatic carbocycles.